The molecule has 4 nitrogen and oxygen atoms in total. The maximum atomic E-state index is 5.90. The molecule has 4 heteroatoms. The quantitative estimate of drug-likeness (QED) is 0.792. The standard InChI is InChI=1S/C13H24N4/c1-2-7-17-10-15-9-13(17)12(8-14)16-11-5-3-4-6-11/h9-12,16H,2-8,14H2,1H3. The van der Waals surface area contributed by atoms with Crippen LogP contribution in [-0.4, -0.2) is 22.1 Å². The highest BCUT2D eigenvalue weighted by molar-refractivity contribution is 5.07. The second kappa shape index (κ2) is 6.17. The summed E-state index contributed by atoms with van der Waals surface area (Å²) in [7, 11) is 0. The fourth-order valence-electron chi connectivity index (χ4n) is 2.70. The molecule has 0 saturated heterocycles. The van der Waals surface area contributed by atoms with Gasteiger partial charge in [-0.05, 0) is 19.3 Å². The third-order valence-corrected chi connectivity index (χ3v) is 3.59. The van der Waals surface area contributed by atoms with Crippen LogP contribution < -0.4 is 11.1 Å². The van der Waals surface area contributed by atoms with E-state index in [1.807, 2.05) is 12.5 Å². The van der Waals surface area contributed by atoms with Crippen molar-refractivity contribution in [3.8, 4) is 0 Å². The van der Waals surface area contributed by atoms with E-state index >= 15 is 0 Å². The average Bonchev–Trinajstić information content (AvgIpc) is 2.97. The van der Waals surface area contributed by atoms with Crippen molar-refractivity contribution in [2.45, 2.75) is 57.7 Å². The summed E-state index contributed by atoms with van der Waals surface area (Å²) in [4.78, 5) is 4.25. The van der Waals surface area contributed by atoms with Gasteiger partial charge in [0.05, 0.1) is 18.1 Å². The number of rotatable bonds is 6. The first-order valence-corrected chi connectivity index (χ1v) is 6.81. The van der Waals surface area contributed by atoms with Crippen LogP contribution in [-0.2, 0) is 6.54 Å². The van der Waals surface area contributed by atoms with Crippen molar-refractivity contribution in [1.29, 1.82) is 0 Å². The highest BCUT2D eigenvalue weighted by Crippen LogP contribution is 2.21. The summed E-state index contributed by atoms with van der Waals surface area (Å²) in [6, 6.07) is 0.903. The van der Waals surface area contributed by atoms with Gasteiger partial charge >= 0.3 is 0 Å². The Bertz CT molecular complexity index is 328. The van der Waals surface area contributed by atoms with Gasteiger partial charge in [0.1, 0.15) is 0 Å². The number of aryl methyl sites for hydroxylation is 1. The van der Waals surface area contributed by atoms with Crippen molar-refractivity contribution in [2.75, 3.05) is 6.54 Å². The SMILES string of the molecule is CCCn1cncc1C(CN)NC1CCCC1. The zero-order chi connectivity index (χ0) is 12.1. The van der Waals surface area contributed by atoms with Gasteiger partial charge in [0.25, 0.3) is 0 Å². The minimum atomic E-state index is 0.257. The molecule has 1 aliphatic rings. The fourth-order valence-corrected chi connectivity index (χ4v) is 2.70. The van der Waals surface area contributed by atoms with Gasteiger partial charge in [0, 0.05) is 25.3 Å². The molecule has 1 aliphatic carbocycles. The predicted molar refractivity (Wildman–Crippen MR) is 69.7 cm³/mol. The molecular weight excluding hydrogens is 212 g/mol. The van der Waals surface area contributed by atoms with Crippen molar-refractivity contribution < 1.29 is 0 Å². The third-order valence-electron chi connectivity index (χ3n) is 3.59. The molecule has 96 valence electrons. The lowest BCUT2D eigenvalue weighted by Crippen LogP contribution is -2.36. The topological polar surface area (TPSA) is 55.9 Å². The van der Waals surface area contributed by atoms with Crippen LogP contribution in [0.5, 0.6) is 0 Å². The zero-order valence-electron chi connectivity index (χ0n) is 10.7. The normalized spacial score (nSPS) is 18.7. The van der Waals surface area contributed by atoms with Gasteiger partial charge in [-0.1, -0.05) is 19.8 Å². The molecule has 0 bridgehead atoms. The maximum absolute atomic E-state index is 5.90. The van der Waals surface area contributed by atoms with Gasteiger partial charge in [-0.15, -0.1) is 0 Å². The fraction of sp³-hybridized carbons (Fsp3) is 0.769. The average molecular weight is 236 g/mol. The highest BCUT2D eigenvalue weighted by Gasteiger charge is 2.21. The van der Waals surface area contributed by atoms with E-state index in [0.717, 1.165) is 13.0 Å². The van der Waals surface area contributed by atoms with E-state index in [1.54, 1.807) is 0 Å². The van der Waals surface area contributed by atoms with Crippen LogP contribution >= 0.6 is 0 Å². The van der Waals surface area contributed by atoms with Crippen LogP contribution in [0.2, 0.25) is 0 Å². The largest absolute Gasteiger partial charge is 0.333 e. The van der Waals surface area contributed by atoms with Crippen molar-refractivity contribution in [3.63, 3.8) is 0 Å². The third kappa shape index (κ3) is 3.07. The van der Waals surface area contributed by atoms with Crippen molar-refractivity contribution >= 4 is 0 Å². The molecule has 1 unspecified atom stereocenters. The van der Waals surface area contributed by atoms with E-state index in [0.29, 0.717) is 12.6 Å². The Morgan fingerprint density at radius 2 is 2.29 bits per heavy atom. The number of nitrogens with zero attached hydrogens (tertiary/aromatic N) is 2. The molecule has 1 aromatic heterocycles. The first-order chi connectivity index (χ1) is 8.35. The summed E-state index contributed by atoms with van der Waals surface area (Å²) in [5.74, 6) is 0. The summed E-state index contributed by atoms with van der Waals surface area (Å²) in [5, 5.41) is 3.68. The Labute approximate surface area is 104 Å². The molecule has 0 amide bonds. The van der Waals surface area contributed by atoms with Gasteiger partial charge in [-0.3, -0.25) is 0 Å². The zero-order valence-corrected chi connectivity index (χ0v) is 10.7. The van der Waals surface area contributed by atoms with Crippen LogP contribution in [0.3, 0.4) is 0 Å². The van der Waals surface area contributed by atoms with Crippen LogP contribution in [0.15, 0.2) is 12.5 Å². The number of hydrogen-bond acceptors (Lipinski definition) is 3. The molecule has 17 heavy (non-hydrogen) atoms. The molecule has 0 aliphatic heterocycles. The van der Waals surface area contributed by atoms with Crippen LogP contribution in [0.1, 0.15) is 50.8 Å². The Balaban J connectivity index is 2.02. The predicted octanol–water partition coefficient (Wildman–Crippen LogP) is 1.83. The number of hydrogen-bond donors (Lipinski definition) is 2. The minimum absolute atomic E-state index is 0.257. The summed E-state index contributed by atoms with van der Waals surface area (Å²) in [5.41, 5.74) is 7.14. The smallest absolute Gasteiger partial charge is 0.0948 e. The summed E-state index contributed by atoms with van der Waals surface area (Å²) in [6.45, 7) is 3.86. The lowest BCUT2D eigenvalue weighted by atomic mass is 10.1. The molecule has 1 saturated carbocycles. The number of imidazole rings is 1. The molecule has 0 aromatic carbocycles. The van der Waals surface area contributed by atoms with Crippen molar-refractivity contribution in [3.05, 3.63) is 18.2 Å². The lowest BCUT2D eigenvalue weighted by Gasteiger charge is -2.22. The maximum Gasteiger partial charge on any atom is 0.0948 e. The molecule has 1 aromatic rings. The van der Waals surface area contributed by atoms with Crippen LogP contribution in [0.4, 0.5) is 0 Å². The van der Waals surface area contributed by atoms with E-state index in [4.69, 9.17) is 5.73 Å². The van der Waals surface area contributed by atoms with Gasteiger partial charge < -0.3 is 15.6 Å². The lowest BCUT2D eigenvalue weighted by molar-refractivity contribution is 0.424. The van der Waals surface area contributed by atoms with Crippen molar-refractivity contribution in [1.82, 2.24) is 14.9 Å². The summed E-state index contributed by atoms with van der Waals surface area (Å²) >= 11 is 0. The molecule has 0 radical (unpaired) electrons. The first kappa shape index (κ1) is 12.6. The van der Waals surface area contributed by atoms with Gasteiger partial charge in [-0.25, -0.2) is 4.98 Å². The molecular formula is C13H24N4. The molecule has 0 spiro atoms. The molecule has 1 atom stereocenters. The highest BCUT2D eigenvalue weighted by atomic mass is 15.1. The summed E-state index contributed by atoms with van der Waals surface area (Å²) < 4.78 is 2.22. The molecule has 1 fully saturated rings. The molecule has 2 rings (SSSR count). The van der Waals surface area contributed by atoms with Gasteiger partial charge in [0.2, 0.25) is 0 Å². The Morgan fingerprint density at radius 3 is 2.94 bits per heavy atom. The second-order valence-electron chi connectivity index (χ2n) is 4.95. The Hall–Kier alpha value is -0.870. The van der Waals surface area contributed by atoms with Crippen molar-refractivity contribution in [2.24, 2.45) is 5.73 Å². The number of nitrogens with two attached hydrogens (primary N) is 1. The van der Waals surface area contributed by atoms with Crippen LogP contribution in [0, 0.1) is 0 Å². The first-order valence-electron chi connectivity index (χ1n) is 6.81. The molecule has 1 heterocycles. The van der Waals surface area contributed by atoms with E-state index in [2.05, 4.69) is 21.8 Å². The van der Waals surface area contributed by atoms with Gasteiger partial charge in [0.15, 0.2) is 0 Å². The van der Waals surface area contributed by atoms with Gasteiger partial charge in [-0.2, -0.15) is 0 Å². The minimum Gasteiger partial charge on any atom is -0.333 e. The van der Waals surface area contributed by atoms with E-state index in [1.165, 1.54) is 31.4 Å². The Morgan fingerprint density at radius 1 is 1.53 bits per heavy atom. The number of nitrogens with one attached hydrogen (secondary N) is 1. The number of aromatic nitrogens is 2. The van der Waals surface area contributed by atoms with E-state index < -0.39 is 0 Å². The Kier molecular flexibility index (Phi) is 4.57. The monoisotopic (exact) mass is 236 g/mol. The van der Waals surface area contributed by atoms with Crippen LogP contribution in [0.25, 0.3) is 0 Å². The second-order valence-corrected chi connectivity index (χ2v) is 4.95. The van der Waals surface area contributed by atoms with E-state index in [9.17, 15) is 0 Å². The molecule has 3 N–H and O–H groups in total. The summed E-state index contributed by atoms with van der Waals surface area (Å²) in [6.07, 6.45) is 10.3. The van der Waals surface area contributed by atoms with E-state index in [-0.39, 0.29) is 6.04 Å².